The maximum Gasteiger partial charge on any atom is 0.241 e. The fraction of sp³-hybridized carbons (Fsp3) is 0.571. The molecule has 114 valence electrons. The van der Waals surface area contributed by atoms with Gasteiger partial charge in [0.1, 0.15) is 0 Å². The van der Waals surface area contributed by atoms with E-state index in [4.69, 9.17) is 10.8 Å². The Kier molecular flexibility index (Phi) is 5.98. The van der Waals surface area contributed by atoms with Crippen LogP contribution in [-0.2, 0) is 22.9 Å². The number of aryl methyl sites for hydroxylation is 1. The predicted molar refractivity (Wildman–Crippen MR) is 81.1 cm³/mol. The van der Waals surface area contributed by atoms with Crippen LogP contribution in [0.1, 0.15) is 38.3 Å². The van der Waals surface area contributed by atoms with Crippen LogP contribution in [0.4, 0.5) is 5.69 Å². The van der Waals surface area contributed by atoms with Gasteiger partial charge in [0, 0.05) is 18.3 Å². The highest BCUT2D eigenvalue weighted by molar-refractivity contribution is 7.89. The fourth-order valence-electron chi connectivity index (χ4n) is 2.13. The number of rotatable bonds is 7. The topological polar surface area (TPSA) is 92.4 Å². The van der Waals surface area contributed by atoms with Crippen LogP contribution >= 0.6 is 0 Å². The third-order valence-electron chi connectivity index (χ3n) is 3.27. The van der Waals surface area contributed by atoms with Crippen molar-refractivity contribution in [3.8, 4) is 0 Å². The Hall–Kier alpha value is -1.11. The molecule has 0 heterocycles. The van der Waals surface area contributed by atoms with Gasteiger partial charge in [-0.25, -0.2) is 13.1 Å². The van der Waals surface area contributed by atoms with Gasteiger partial charge in [0.05, 0.1) is 4.90 Å². The molecular formula is C14H24N2O3S. The van der Waals surface area contributed by atoms with Gasteiger partial charge >= 0.3 is 0 Å². The quantitative estimate of drug-likeness (QED) is 0.664. The van der Waals surface area contributed by atoms with Crippen molar-refractivity contribution < 1.29 is 13.5 Å². The Morgan fingerprint density at radius 1 is 1.30 bits per heavy atom. The molecule has 1 aromatic rings. The second-order valence-corrected chi connectivity index (χ2v) is 6.59. The monoisotopic (exact) mass is 300 g/mol. The Balaban J connectivity index is 3.25. The van der Waals surface area contributed by atoms with Crippen molar-refractivity contribution in [2.75, 3.05) is 12.3 Å². The van der Waals surface area contributed by atoms with Crippen LogP contribution in [0.15, 0.2) is 17.0 Å². The molecule has 1 aromatic carbocycles. The first kappa shape index (κ1) is 16.9. The summed E-state index contributed by atoms with van der Waals surface area (Å²) in [6.07, 6.45) is 1.66. The molecular weight excluding hydrogens is 276 g/mol. The number of nitrogens with one attached hydrogen (secondary N) is 1. The van der Waals surface area contributed by atoms with Crippen molar-refractivity contribution in [1.82, 2.24) is 4.72 Å². The lowest BCUT2D eigenvalue weighted by atomic mass is 10.1. The zero-order chi connectivity index (χ0) is 15.3. The Bertz CT molecular complexity index is 556. The van der Waals surface area contributed by atoms with Gasteiger partial charge in [-0.05, 0) is 49.4 Å². The first-order valence-corrected chi connectivity index (χ1v) is 8.38. The van der Waals surface area contributed by atoms with Gasteiger partial charge in [0.25, 0.3) is 0 Å². The van der Waals surface area contributed by atoms with E-state index in [0.717, 1.165) is 12.0 Å². The summed E-state index contributed by atoms with van der Waals surface area (Å²) in [5.74, 6) is 0. The lowest BCUT2D eigenvalue weighted by Crippen LogP contribution is -2.34. The fourth-order valence-corrected chi connectivity index (χ4v) is 3.80. The molecule has 1 unspecified atom stereocenters. The molecule has 0 saturated carbocycles. The Labute approximate surface area is 121 Å². The predicted octanol–water partition coefficient (Wildman–Crippen LogP) is 1.44. The summed E-state index contributed by atoms with van der Waals surface area (Å²) < 4.78 is 27.5. The molecule has 0 spiro atoms. The number of nitrogen functional groups attached to an aromatic ring is 1. The number of aliphatic hydroxyl groups excluding tert-OH is 1. The normalized spacial score (nSPS) is 13.4. The summed E-state index contributed by atoms with van der Waals surface area (Å²) in [6, 6.07) is 3.19. The smallest absolute Gasteiger partial charge is 0.241 e. The number of benzene rings is 1. The Morgan fingerprint density at radius 2 is 1.95 bits per heavy atom. The first-order chi connectivity index (χ1) is 9.35. The summed E-state index contributed by atoms with van der Waals surface area (Å²) in [5.41, 5.74) is 8.02. The van der Waals surface area contributed by atoms with E-state index in [9.17, 15) is 8.42 Å². The highest BCUT2D eigenvalue weighted by atomic mass is 32.2. The van der Waals surface area contributed by atoms with Gasteiger partial charge in [-0.3, -0.25) is 0 Å². The molecule has 0 bridgehead atoms. The summed E-state index contributed by atoms with van der Waals surface area (Å²) in [5, 5.41) is 8.88. The van der Waals surface area contributed by atoms with Crippen molar-refractivity contribution in [3.05, 3.63) is 23.3 Å². The van der Waals surface area contributed by atoms with E-state index in [1.54, 1.807) is 13.0 Å². The number of sulfonamides is 1. The van der Waals surface area contributed by atoms with Gasteiger partial charge in [-0.15, -0.1) is 0 Å². The Morgan fingerprint density at radius 3 is 2.45 bits per heavy atom. The van der Waals surface area contributed by atoms with E-state index in [-0.39, 0.29) is 17.5 Å². The molecule has 6 heteroatoms. The number of hydrogen-bond donors (Lipinski definition) is 3. The van der Waals surface area contributed by atoms with Gasteiger partial charge in [0.2, 0.25) is 10.0 Å². The van der Waals surface area contributed by atoms with E-state index in [1.807, 2.05) is 19.9 Å². The molecule has 0 aliphatic carbocycles. The molecule has 0 saturated heterocycles. The minimum Gasteiger partial charge on any atom is -0.398 e. The molecule has 1 atom stereocenters. The number of nitrogens with two attached hydrogens (primary N) is 1. The third-order valence-corrected chi connectivity index (χ3v) is 4.93. The molecule has 0 fully saturated rings. The van der Waals surface area contributed by atoms with Crippen molar-refractivity contribution in [2.24, 2.45) is 0 Å². The van der Waals surface area contributed by atoms with E-state index >= 15 is 0 Å². The zero-order valence-corrected chi connectivity index (χ0v) is 13.1. The maximum absolute atomic E-state index is 12.5. The molecule has 20 heavy (non-hydrogen) atoms. The maximum atomic E-state index is 12.5. The van der Waals surface area contributed by atoms with Crippen LogP contribution in [0.2, 0.25) is 0 Å². The van der Waals surface area contributed by atoms with Crippen LogP contribution in [0.5, 0.6) is 0 Å². The molecule has 1 rings (SSSR count). The largest absolute Gasteiger partial charge is 0.398 e. The first-order valence-electron chi connectivity index (χ1n) is 6.90. The minimum absolute atomic E-state index is 0.0541. The standard InChI is InChI=1S/C14H24N2O3S/c1-4-11-8-13(15)12(5-2)14(9-11)20(18,19)16-10(3)6-7-17/h8-10,16-17H,4-7,15H2,1-3H3. The van der Waals surface area contributed by atoms with E-state index < -0.39 is 10.0 Å². The van der Waals surface area contributed by atoms with Crippen LogP contribution in [0.25, 0.3) is 0 Å². The van der Waals surface area contributed by atoms with Crippen molar-refractivity contribution in [1.29, 1.82) is 0 Å². The van der Waals surface area contributed by atoms with Gasteiger partial charge in [-0.1, -0.05) is 13.8 Å². The molecule has 0 aliphatic rings. The third kappa shape index (κ3) is 3.94. The molecule has 0 aliphatic heterocycles. The van der Waals surface area contributed by atoms with Gasteiger partial charge < -0.3 is 10.8 Å². The van der Waals surface area contributed by atoms with E-state index in [2.05, 4.69) is 4.72 Å². The average Bonchev–Trinajstić information content (AvgIpc) is 2.37. The molecule has 5 nitrogen and oxygen atoms in total. The second-order valence-electron chi connectivity index (χ2n) is 4.90. The van der Waals surface area contributed by atoms with E-state index in [0.29, 0.717) is 24.1 Å². The van der Waals surface area contributed by atoms with Crippen LogP contribution in [0, 0.1) is 0 Å². The summed E-state index contributed by atoms with van der Waals surface area (Å²) >= 11 is 0. The van der Waals surface area contributed by atoms with Crippen molar-refractivity contribution >= 4 is 15.7 Å². The zero-order valence-electron chi connectivity index (χ0n) is 12.3. The lowest BCUT2D eigenvalue weighted by molar-refractivity contribution is 0.275. The molecule has 0 amide bonds. The van der Waals surface area contributed by atoms with E-state index in [1.165, 1.54) is 0 Å². The van der Waals surface area contributed by atoms with Crippen LogP contribution in [-0.4, -0.2) is 26.2 Å². The summed E-state index contributed by atoms with van der Waals surface area (Å²) in [7, 11) is -3.62. The lowest BCUT2D eigenvalue weighted by Gasteiger charge is -2.17. The van der Waals surface area contributed by atoms with Gasteiger partial charge in [0.15, 0.2) is 0 Å². The minimum atomic E-state index is -3.62. The highest BCUT2D eigenvalue weighted by Gasteiger charge is 2.22. The molecule has 0 aromatic heterocycles. The number of aliphatic hydroxyl groups is 1. The second kappa shape index (κ2) is 7.06. The SMILES string of the molecule is CCc1cc(N)c(CC)c(S(=O)(=O)NC(C)CCO)c1. The van der Waals surface area contributed by atoms with Crippen molar-refractivity contribution in [2.45, 2.75) is 51.0 Å². The van der Waals surface area contributed by atoms with Gasteiger partial charge in [-0.2, -0.15) is 0 Å². The van der Waals surface area contributed by atoms with Crippen LogP contribution < -0.4 is 10.5 Å². The average molecular weight is 300 g/mol. The molecule has 4 N–H and O–H groups in total. The van der Waals surface area contributed by atoms with Crippen molar-refractivity contribution in [3.63, 3.8) is 0 Å². The number of anilines is 1. The molecule has 0 radical (unpaired) electrons. The summed E-state index contributed by atoms with van der Waals surface area (Å²) in [6.45, 7) is 5.51. The highest BCUT2D eigenvalue weighted by Crippen LogP contribution is 2.25. The number of hydrogen-bond acceptors (Lipinski definition) is 4. The van der Waals surface area contributed by atoms with Crippen LogP contribution in [0.3, 0.4) is 0 Å². The summed E-state index contributed by atoms with van der Waals surface area (Å²) in [4.78, 5) is 0.252.